The molecule has 0 bridgehead atoms. The molecule has 6 nitrogen and oxygen atoms in total. The standard InChI is InChI=1S/C17H14F2N4O2S/c1-10(16(24)14-9-11(18)3-8-15(14)19)26-17-20-21-22-23(17)12-4-6-13(25-2)7-5-12/h3-10H,1-2H3. The first-order chi connectivity index (χ1) is 12.5. The number of rotatable bonds is 6. The van der Waals surface area contributed by atoms with Crippen LogP contribution >= 0.6 is 11.8 Å². The van der Waals surface area contributed by atoms with E-state index in [1.807, 2.05) is 0 Å². The van der Waals surface area contributed by atoms with Crippen LogP contribution in [-0.4, -0.2) is 38.4 Å². The van der Waals surface area contributed by atoms with Gasteiger partial charge in [0.25, 0.3) is 0 Å². The number of halogens is 2. The van der Waals surface area contributed by atoms with Crippen LogP contribution < -0.4 is 4.74 Å². The zero-order valence-corrected chi connectivity index (χ0v) is 14.7. The first-order valence-electron chi connectivity index (χ1n) is 7.58. The Morgan fingerprint density at radius 3 is 2.62 bits per heavy atom. The molecular formula is C17H14F2N4O2S. The third-order valence-electron chi connectivity index (χ3n) is 3.60. The van der Waals surface area contributed by atoms with E-state index in [9.17, 15) is 13.6 Å². The van der Waals surface area contributed by atoms with Crippen LogP contribution in [0.2, 0.25) is 0 Å². The first-order valence-corrected chi connectivity index (χ1v) is 8.46. The monoisotopic (exact) mass is 376 g/mol. The van der Waals surface area contributed by atoms with Crippen LogP contribution in [0.3, 0.4) is 0 Å². The number of carbonyl (C=O) groups excluding carboxylic acids is 1. The smallest absolute Gasteiger partial charge is 0.214 e. The summed E-state index contributed by atoms with van der Waals surface area (Å²) in [4.78, 5) is 12.5. The fourth-order valence-corrected chi connectivity index (χ4v) is 3.13. The maximum absolute atomic E-state index is 13.8. The molecule has 9 heteroatoms. The zero-order chi connectivity index (χ0) is 18.7. The number of ether oxygens (including phenoxy) is 1. The number of hydrogen-bond donors (Lipinski definition) is 0. The van der Waals surface area contributed by atoms with Crippen LogP contribution in [0.1, 0.15) is 17.3 Å². The second-order valence-electron chi connectivity index (χ2n) is 5.32. The minimum Gasteiger partial charge on any atom is -0.497 e. The second-order valence-corrected chi connectivity index (χ2v) is 6.63. The van der Waals surface area contributed by atoms with Gasteiger partial charge in [0.2, 0.25) is 5.16 Å². The number of Topliss-reactive ketones (excluding diaryl/α,β-unsaturated/α-hetero) is 1. The highest BCUT2D eigenvalue weighted by molar-refractivity contribution is 8.00. The van der Waals surface area contributed by atoms with Crippen molar-refractivity contribution in [3.8, 4) is 11.4 Å². The van der Waals surface area contributed by atoms with E-state index in [1.165, 1.54) is 4.68 Å². The molecule has 0 aliphatic heterocycles. The van der Waals surface area contributed by atoms with E-state index in [4.69, 9.17) is 4.74 Å². The molecule has 0 aliphatic carbocycles. The molecule has 0 fully saturated rings. The van der Waals surface area contributed by atoms with Gasteiger partial charge in [-0.15, -0.1) is 5.10 Å². The Morgan fingerprint density at radius 1 is 1.19 bits per heavy atom. The van der Waals surface area contributed by atoms with E-state index in [0.717, 1.165) is 30.0 Å². The van der Waals surface area contributed by atoms with Gasteiger partial charge in [-0.25, -0.2) is 8.78 Å². The number of thioether (sulfide) groups is 1. The molecule has 0 spiro atoms. The summed E-state index contributed by atoms with van der Waals surface area (Å²) in [5.41, 5.74) is 0.378. The molecule has 1 heterocycles. The summed E-state index contributed by atoms with van der Waals surface area (Å²) < 4.78 is 33.7. The molecule has 0 saturated carbocycles. The lowest BCUT2D eigenvalue weighted by Gasteiger charge is -2.11. The lowest BCUT2D eigenvalue weighted by atomic mass is 10.1. The average molecular weight is 376 g/mol. The Labute approximate surface area is 152 Å². The molecule has 3 aromatic rings. The molecule has 1 atom stereocenters. The van der Waals surface area contributed by atoms with E-state index in [-0.39, 0.29) is 5.56 Å². The van der Waals surface area contributed by atoms with Crippen LogP contribution in [-0.2, 0) is 0 Å². The average Bonchev–Trinajstić information content (AvgIpc) is 3.11. The predicted molar refractivity (Wildman–Crippen MR) is 91.7 cm³/mol. The number of hydrogen-bond acceptors (Lipinski definition) is 6. The maximum Gasteiger partial charge on any atom is 0.214 e. The number of aromatic nitrogens is 4. The van der Waals surface area contributed by atoms with Crippen LogP contribution in [0.5, 0.6) is 5.75 Å². The number of carbonyl (C=O) groups is 1. The van der Waals surface area contributed by atoms with Crippen molar-refractivity contribution in [2.75, 3.05) is 7.11 Å². The van der Waals surface area contributed by atoms with Gasteiger partial charge < -0.3 is 4.74 Å². The van der Waals surface area contributed by atoms with Crippen molar-refractivity contribution in [1.82, 2.24) is 20.2 Å². The van der Waals surface area contributed by atoms with Crippen LogP contribution in [0.25, 0.3) is 5.69 Å². The Kier molecular flexibility index (Phi) is 5.27. The van der Waals surface area contributed by atoms with Gasteiger partial charge >= 0.3 is 0 Å². The lowest BCUT2D eigenvalue weighted by molar-refractivity contribution is 0.0989. The Balaban J connectivity index is 1.82. The van der Waals surface area contributed by atoms with Crippen LogP contribution in [0.15, 0.2) is 47.6 Å². The highest BCUT2D eigenvalue weighted by atomic mass is 32.2. The highest BCUT2D eigenvalue weighted by Crippen LogP contribution is 2.26. The van der Waals surface area contributed by atoms with Crippen molar-refractivity contribution in [3.63, 3.8) is 0 Å². The van der Waals surface area contributed by atoms with Gasteiger partial charge in [-0.3, -0.25) is 4.79 Å². The van der Waals surface area contributed by atoms with Crippen molar-refractivity contribution in [3.05, 3.63) is 59.7 Å². The van der Waals surface area contributed by atoms with E-state index < -0.39 is 22.7 Å². The zero-order valence-electron chi connectivity index (χ0n) is 13.9. The Bertz CT molecular complexity index is 931. The van der Waals surface area contributed by atoms with Gasteiger partial charge in [0.05, 0.1) is 23.6 Å². The molecule has 0 aliphatic rings. The normalized spacial score (nSPS) is 12.0. The Morgan fingerprint density at radius 2 is 1.92 bits per heavy atom. The molecule has 3 rings (SSSR count). The summed E-state index contributed by atoms with van der Waals surface area (Å²) >= 11 is 1.06. The van der Waals surface area contributed by atoms with E-state index in [2.05, 4.69) is 15.5 Å². The van der Waals surface area contributed by atoms with Gasteiger partial charge in [-0.05, 0) is 59.8 Å². The second kappa shape index (κ2) is 7.61. The third kappa shape index (κ3) is 3.72. The lowest BCUT2D eigenvalue weighted by Crippen LogP contribution is -2.16. The number of benzene rings is 2. The fraction of sp³-hybridized carbons (Fsp3) is 0.176. The van der Waals surface area contributed by atoms with Crippen molar-refractivity contribution in [2.45, 2.75) is 17.3 Å². The summed E-state index contributed by atoms with van der Waals surface area (Å²) in [6.45, 7) is 1.59. The number of nitrogens with zero attached hydrogens (tertiary/aromatic N) is 4. The van der Waals surface area contributed by atoms with Gasteiger partial charge in [-0.2, -0.15) is 4.68 Å². The maximum atomic E-state index is 13.8. The van der Waals surface area contributed by atoms with E-state index in [1.54, 1.807) is 38.3 Å². The molecule has 26 heavy (non-hydrogen) atoms. The summed E-state index contributed by atoms with van der Waals surface area (Å²) in [6, 6.07) is 9.82. The number of ketones is 1. The topological polar surface area (TPSA) is 69.9 Å². The molecule has 0 N–H and O–H groups in total. The largest absolute Gasteiger partial charge is 0.497 e. The predicted octanol–water partition coefficient (Wildman–Crippen LogP) is 3.31. The molecule has 0 radical (unpaired) electrons. The summed E-state index contributed by atoms with van der Waals surface area (Å²) in [6.07, 6.45) is 0. The van der Waals surface area contributed by atoms with E-state index >= 15 is 0 Å². The Hall–Kier alpha value is -2.81. The highest BCUT2D eigenvalue weighted by Gasteiger charge is 2.23. The third-order valence-corrected chi connectivity index (χ3v) is 4.64. The molecule has 1 unspecified atom stereocenters. The van der Waals surface area contributed by atoms with Crippen LogP contribution in [0.4, 0.5) is 8.78 Å². The van der Waals surface area contributed by atoms with Crippen molar-refractivity contribution < 1.29 is 18.3 Å². The van der Waals surface area contributed by atoms with Crippen molar-refractivity contribution in [2.24, 2.45) is 0 Å². The quantitative estimate of drug-likeness (QED) is 0.486. The number of tetrazole rings is 1. The SMILES string of the molecule is COc1ccc(-n2nnnc2SC(C)C(=O)c2cc(F)ccc2F)cc1. The fourth-order valence-electron chi connectivity index (χ4n) is 2.25. The first kappa shape index (κ1) is 18.0. The van der Waals surface area contributed by atoms with Crippen LogP contribution in [0, 0.1) is 11.6 Å². The molecule has 1 aromatic heterocycles. The summed E-state index contributed by atoms with van der Waals surface area (Å²) in [5, 5.41) is 11.1. The number of methoxy groups -OCH3 is 1. The van der Waals surface area contributed by atoms with E-state index in [0.29, 0.717) is 16.6 Å². The minimum absolute atomic E-state index is 0.298. The van der Waals surface area contributed by atoms with Gasteiger partial charge in [0, 0.05) is 0 Å². The molecular weight excluding hydrogens is 362 g/mol. The minimum atomic E-state index is -0.765. The van der Waals surface area contributed by atoms with Gasteiger partial charge in [-0.1, -0.05) is 11.8 Å². The summed E-state index contributed by atoms with van der Waals surface area (Å²) in [7, 11) is 1.56. The van der Waals surface area contributed by atoms with Gasteiger partial charge in [0.15, 0.2) is 5.78 Å². The molecule has 2 aromatic carbocycles. The van der Waals surface area contributed by atoms with Crippen molar-refractivity contribution in [1.29, 1.82) is 0 Å². The van der Waals surface area contributed by atoms with Crippen molar-refractivity contribution >= 4 is 17.5 Å². The molecule has 0 saturated heterocycles. The summed E-state index contributed by atoms with van der Waals surface area (Å²) in [5.74, 6) is -1.30. The molecule has 0 amide bonds. The molecule has 134 valence electrons. The van der Waals surface area contributed by atoms with Gasteiger partial charge in [0.1, 0.15) is 17.4 Å².